The largest absolute Gasteiger partial charge is 0.479 e. The Hall–Kier alpha value is -2.83. The van der Waals surface area contributed by atoms with Crippen LogP contribution in [0.2, 0.25) is 0 Å². The van der Waals surface area contributed by atoms with Gasteiger partial charge in [0.15, 0.2) is 6.04 Å². The van der Waals surface area contributed by atoms with Gasteiger partial charge in [-0.15, -0.1) is 0 Å². The zero-order valence-electron chi connectivity index (χ0n) is 11.2. The van der Waals surface area contributed by atoms with Crippen molar-refractivity contribution in [2.45, 2.75) is 12.5 Å². The van der Waals surface area contributed by atoms with E-state index in [4.69, 9.17) is 0 Å². The number of carboxylic acid groups (broad SMARTS) is 1. The van der Waals surface area contributed by atoms with E-state index < -0.39 is 18.0 Å². The third-order valence-corrected chi connectivity index (χ3v) is 2.86. The van der Waals surface area contributed by atoms with Crippen LogP contribution in [0, 0.1) is 0 Å². The first-order valence-corrected chi connectivity index (χ1v) is 6.47. The van der Waals surface area contributed by atoms with Gasteiger partial charge in [-0.3, -0.25) is 0 Å². The maximum absolute atomic E-state index is 11.7. The van der Waals surface area contributed by atoms with Gasteiger partial charge in [-0.2, -0.15) is 0 Å². The van der Waals surface area contributed by atoms with Crippen LogP contribution >= 0.6 is 0 Å². The summed E-state index contributed by atoms with van der Waals surface area (Å²) < 4.78 is 0. The molecule has 110 valence electrons. The highest BCUT2D eigenvalue weighted by Crippen LogP contribution is 2.12. The van der Waals surface area contributed by atoms with E-state index in [1.807, 2.05) is 0 Å². The van der Waals surface area contributed by atoms with Crippen LogP contribution < -0.4 is 10.6 Å². The molecular weight excluding hydrogens is 272 g/mol. The van der Waals surface area contributed by atoms with Crippen LogP contribution in [0.5, 0.6) is 0 Å². The molecule has 21 heavy (non-hydrogen) atoms. The van der Waals surface area contributed by atoms with E-state index in [0.717, 1.165) is 5.82 Å². The van der Waals surface area contributed by atoms with Crippen molar-refractivity contribution < 1.29 is 14.7 Å². The lowest BCUT2D eigenvalue weighted by Crippen LogP contribution is -2.41. The maximum atomic E-state index is 11.7. The van der Waals surface area contributed by atoms with Crippen molar-refractivity contribution in [2.24, 2.45) is 0 Å². The number of aromatic amines is 1. The number of nitrogens with one attached hydrogen (secondary N) is 3. The predicted octanol–water partition coefficient (Wildman–Crippen LogP) is 1.08. The van der Waals surface area contributed by atoms with E-state index in [0.29, 0.717) is 18.5 Å². The normalized spacial score (nSPS) is 11.6. The molecule has 0 bridgehead atoms. The Morgan fingerprint density at radius 3 is 2.67 bits per heavy atom. The number of carbonyl (C=O) groups is 2. The molecule has 0 spiro atoms. The van der Waals surface area contributed by atoms with Gasteiger partial charge in [-0.1, -0.05) is 30.3 Å². The van der Waals surface area contributed by atoms with Crippen molar-refractivity contribution in [3.8, 4) is 0 Å². The second-order valence-electron chi connectivity index (χ2n) is 4.37. The molecule has 0 aliphatic carbocycles. The average Bonchev–Trinajstić information content (AvgIpc) is 2.98. The zero-order chi connectivity index (χ0) is 15.1. The van der Waals surface area contributed by atoms with Gasteiger partial charge in [0, 0.05) is 25.4 Å². The summed E-state index contributed by atoms with van der Waals surface area (Å²) in [5.74, 6) is -0.351. The second kappa shape index (κ2) is 7.09. The van der Waals surface area contributed by atoms with Crippen molar-refractivity contribution in [1.29, 1.82) is 0 Å². The number of aliphatic carboxylic acids is 1. The number of carbonyl (C=O) groups excluding carboxylic acids is 1. The van der Waals surface area contributed by atoms with Crippen LogP contribution in [0.1, 0.15) is 17.4 Å². The van der Waals surface area contributed by atoms with Crippen LogP contribution in [0.3, 0.4) is 0 Å². The van der Waals surface area contributed by atoms with Gasteiger partial charge in [0.25, 0.3) is 0 Å². The van der Waals surface area contributed by atoms with Gasteiger partial charge in [-0.25, -0.2) is 14.6 Å². The minimum atomic E-state index is -1.11. The molecule has 1 atom stereocenters. The van der Waals surface area contributed by atoms with Gasteiger partial charge in [-0.05, 0) is 5.56 Å². The summed E-state index contributed by atoms with van der Waals surface area (Å²) in [5.41, 5.74) is 0.520. The molecule has 1 aromatic carbocycles. The summed E-state index contributed by atoms with van der Waals surface area (Å²) in [7, 11) is 0. The van der Waals surface area contributed by atoms with E-state index in [1.54, 1.807) is 42.7 Å². The number of aromatic nitrogens is 2. The Labute approximate surface area is 121 Å². The first-order valence-electron chi connectivity index (χ1n) is 6.47. The van der Waals surface area contributed by atoms with E-state index in [1.165, 1.54) is 0 Å². The van der Waals surface area contributed by atoms with Crippen LogP contribution in [-0.4, -0.2) is 33.6 Å². The molecule has 0 fully saturated rings. The summed E-state index contributed by atoms with van der Waals surface area (Å²) in [4.78, 5) is 29.9. The van der Waals surface area contributed by atoms with Gasteiger partial charge in [0.2, 0.25) is 0 Å². The van der Waals surface area contributed by atoms with Crippen molar-refractivity contribution in [3.05, 3.63) is 54.1 Å². The Bertz CT molecular complexity index is 584. The van der Waals surface area contributed by atoms with Gasteiger partial charge in [0.05, 0.1) is 0 Å². The third-order valence-electron chi connectivity index (χ3n) is 2.86. The summed E-state index contributed by atoms with van der Waals surface area (Å²) in [6.07, 6.45) is 3.88. The Morgan fingerprint density at radius 2 is 2.05 bits per heavy atom. The van der Waals surface area contributed by atoms with Crippen LogP contribution in [-0.2, 0) is 11.2 Å². The molecule has 2 amide bonds. The Morgan fingerprint density at radius 1 is 1.29 bits per heavy atom. The topological polar surface area (TPSA) is 107 Å². The van der Waals surface area contributed by atoms with E-state index >= 15 is 0 Å². The van der Waals surface area contributed by atoms with Crippen molar-refractivity contribution in [2.75, 3.05) is 6.54 Å². The van der Waals surface area contributed by atoms with Crippen molar-refractivity contribution in [3.63, 3.8) is 0 Å². The number of H-pyrrole nitrogens is 1. The number of urea groups is 1. The standard InChI is InChI=1S/C14H16N4O3/c19-13(20)12(10-4-2-1-3-5-10)18-14(21)17-7-6-11-15-8-9-16-11/h1-5,8-9,12H,6-7H2,(H,15,16)(H,19,20)(H2,17,18,21)/t12-/m0/s1. The quantitative estimate of drug-likeness (QED) is 0.638. The lowest BCUT2D eigenvalue weighted by Gasteiger charge is -2.15. The molecule has 7 nitrogen and oxygen atoms in total. The molecule has 0 saturated carbocycles. The predicted molar refractivity (Wildman–Crippen MR) is 75.6 cm³/mol. The number of nitrogens with zero attached hydrogens (tertiary/aromatic N) is 1. The number of hydrogen-bond acceptors (Lipinski definition) is 3. The monoisotopic (exact) mass is 288 g/mol. The van der Waals surface area contributed by atoms with Gasteiger partial charge in [0.1, 0.15) is 5.82 Å². The molecule has 0 radical (unpaired) electrons. The Balaban J connectivity index is 1.85. The number of benzene rings is 1. The van der Waals surface area contributed by atoms with E-state index in [2.05, 4.69) is 20.6 Å². The fourth-order valence-electron chi connectivity index (χ4n) is 1.84. The first-order chi connectivity index (χ1) is 10.2. The Kier molecular flexibility index (Phi) is 4.92. The minimum absolute atomic E-state index is 0.362. The molecular formula is C14H16N4O3. The van der Waals surface area contributed by atoms with Crippen molar-refractivity contribution >= 4 is 12.0 Å². The first kappa shape index (κ1) is 14.6. The number of hydrogen-bond donors (Lipinski definition) is 4. The fourth-order valence-corrected chi connectivity index (χ4v) is 1.84. The number of carboxylic acids is 1. The lowest BCUT2D eigenvalue weighted by molar-refractivity contribution is -0.139. The molecule has 0 unspecified atom stereocenters. The van der Waals surface area contributed by atoms with Crippen molar-refractivity contribution in [1.82, 2.24) is 20.6 Å². The second-order valence-corrected chi connectivity index (χ2v) is 4.37. The fraction of sp³-hybridized carbons (Fsp3) is 0.214. The van der Waals surface area contributed by atoms with Crippen LogP contribution in [0.25, 0.3) is 0 Å². The average molecular weight is 288 g/mol. The summed E-state index contributed by atoms with van der Waals surface area (Å²) in [6.45, 7) is 0.362. The number of rotatable bonds is 6. The molecule has 2 aromatic rings. The van der Waals surface area contributed by atoms with E-state index in [9.17, 15) is 14.7 Å². The maximum Gasteiger partial charge on any atom is 0.330 e. The SMILES string of the molecule is O=C(NCCc1ncc[nH]1)N[C@H](C(=O)O)c1ccccc1. The number of imidazole rings is 1. The summed E-state index contributed by atoms with van der Waals surface area (Å²) in [5, 5.41) is 14.2. The minimum Gasteiger partial charge on any atom is -0.479 e. The summed E-state index contributed by atoms with van der Waals surface area (Å²) >= 11 is 0. The van der Waals surface area contributed by atoms with E-state index in [-0.39, 0.29) is 0 Å². The zero-order valence-corrected chi connectivity index (χ0v) is 11.2. The van der Waals surface area contributed by atoms with Crippen LogP contribution in [0.15, 0.2) is 42.7 Å². The molecule has 7 heteroatoms. The summed E-state index contributed by atoms with van der Waals surface area (Å²) in [6, 6.07) is 6.94. The van der Waals surface area contributed by atoms with Gasteiger partial charge >= 0.3 is 12.0 Å². The molecule has 1 aromatic heterocycles. The highest BCUT2D eigenvalue weighted by atomic mass is 16.4. The third kappa shape index (κ3) is 4.34. The number of amides is 2. The molecule has 0 aliphatic rings. The molecule has 2 rings (SSSR count). The highest BCUT2D eigenvalue weighted by molar-refractivity contribution is 5.83. The van der Waals surface area contributed by atoms with Gasteiger partial charge < -0.3 is 20.7 Å². The smallest absolute Gasteiger partial charge is 0.330 e. The molecule has 0 saturated heterocycles. The molecule has 0 aliphatic heterocycles. The van der Waals surface area contributed by atoms with Crippen LogP contribution in [0.4, 0.5) is 4.79 Å². The lowest BCUT2D eigenvalue weighted by atomic mass is 10.1. The molecule has 1 heterocycles. The molecule has 4 N–H and O–H groups in total. The highest BCUT2D eigenvalue weighted by Gasteiger charge is 2.21.